The number of aliphatic hydroxyl groups is 1. The van der Waals surface area contributed by atoms with Gasteiger partial charge in [0.2, 0.25) is 0 Å². The third-order valence-corrected chi connectivity index (χ3v) is 4.58. The molecule has 1 aromatic rings. The normalized spacial score (nSPS) is 23.5. The molecule has 0 bridgehead atoms. The van der Waals surface area contributed by atoms with Crippen molar-refractivity contribution in [3.63, 3.8) is 0 Å². The Morgan fingerprint density at radius 2 is 1.81 bits per heavy atom. The fraction of sp³-hybridized carbons (Fsp3) is 0.647. The van der Waals surface area contributed by atoms with Crippen molar-refractivity contribution >= 4 is 0 Å². The molecule has 0 amide bonds. The van der Waals surface area contributed by atoms with Crippen LogP contribution in [0.25, 0.3) is 0 Å². The molecule has 2 aliphatic rings. The predicted octanol–water partition coefficient (Wildman–Crippen LogP) is 1.87. The van der Waals surface area contributed by atoms with E-state index in [0.717, 1.165) is 45.3 Å². The van der Waals surface area contributed by atoms with E-state index in [2.05, 4.69) is 17.4 Å². The molecule has 4 nitrogen and oxygen atoms in total. The average Bonchev–Trinajstić information content (AvgIpc) is 2.98. The number of aliphatic hydroxyl groups excluding tert-OH is 1. The zero-order chi connectivity index (χ0) is 14.5. The molecular weight excluding hydrogens is 266 g/mol. The summed E-state index contributed by atoms with van der Waals surface area (Å²) in [6, 6.07) is 10.9. The molecule has 21 heavy (non-hydrogen) atoms. The van der Waals surface area contributed by atoms with Crippen LogP contribution in [0.2, 0.25) is 0 Å². The molecule has 1 aliphatic carbocycles. The fourth-order valence-corrected chi connectivity index (χ4v) is 3.42. The van der Waals surface area contributed by atoms with Gasteiger partial charge in [0.1, 0.15) is 0 Å². The lowest BCUT2D eigenvalue weighted by atomic mass is 9.89. The Labute approximate surface area is 126 Å². The highest BCUT2D eigenvalue weighted by atomic mass is 16.7. The van der Waals surface area contributed by atoms with Crippen LogP contribution in [0, 0.1) is 0 Å². The van der Waals surface area contributed by atoms with Gasteiger partial charge in [0.15, 0.2) is 5.79 Å². The van der Waals surface area contributed by atoms with Crippen LogP contribution in [0.3, 0.4) is 0 Å². The van der Waals surface area contributed by atoms with E-state index in [1.54, 1.807) is 0 Å². The number of hydrogen-bond acceptors (Lipinski definition) is 4. The van der Waals surface area contributed by atoms with Crippen molar-refractivity contribution in [2.24, 2.45) is 0 Å². The average molecular weight is 291 g/mol. The molecule has 2 N–H and O–H groups in total. The number of hydrogen-bond donors (Lipinski definition) is 2. The lowest BCUT2D eigenvalue weighted by Crippen LogP contribution is -2.47. The Hall–Kier alpha value is -0.940. The molecule has 1 saturated heterocycles. The monoisotopic (exact) mass is 291 g/mol. The minimum absolute atomic E-state index is 0.122. The summed E-state index contributed by atoms with van der Waals surface area (Å²) in [5.41, 5.74) is 1.26. The van der Waals surface area contributed by atoms with E-state index < -0.39 is 0 Å². The fourth-order valence-electron chi connectivity index (χ4n) is 3.42. The minimum Gasteiger partial charge on any atom is -0.395 e. The van der Waals surface area contributed by atoms with Crippen molar-refractivity contribution in [2.45, 2.75) is 50.0 Å². The largest absolute Gasteiger partial charge is 0.395 e. The van der Waals surface area contributed by atoms with Crippen LogP contribution in [-0.4, -0.2) is 42.8 Å². The van der Waals surface area contributed by atoms with E-state index in [-0.39, 0.29) is 18.4 Å². The smallest absolute Gasteiger partial charge is 0.168 e. The molecule has 0 unspecified atom stereocenters. The predicted molar refractivity (Wildman–Crippen MR) is 81.0 cm³/mol. The van der Waals surface area contributed by atoms with Gasteiger partial charge < -0.3 is 19.9 Å². The van der Waals surface area contributed by atoms with Gasteiger partial charge in [0.05, 0.1) is 19.8 Å². The van der Waals surface area contributed by atoms with Crippen molar-refractivity contribution in [1.82, 2.24) is 5.32 Å². The van der Waals surface area contributed by atoms with E-state index in [9.17, 15) is 5.11 Å². The third-order valence-electron chi connectivity index (χ3n) is 4.58. The van der Waals surface area contributed by atoms with Crippen molar-refractivity contribution < 1.29 is 14.6 Å². The Balaban J connectivity index is 1.49. The van der Waals surface area contributed by atoms with Gasteiger partial charge in [0, 0.05) is 24.9 Å². The molecule has 2 fully saturated rings. The van der Waals surface area contributed by atoms with E-state index in [0.29, 0.717) is 6.04 Å². The summed E-state index contributed by atoms with van der Waals surface area (Å²) >= 11 is 0. The molecule has 1 aliphatic heterocycles. The molecule has 3 rings (SSSR count). The highest BCUT2D eigenvalue weighted by molar-refractivity contribution is 5.16. The molecule has 4 heteroatoms. The van der Waals surface area contributed by atoms with Crippen molar-refractivity contribution in [1.29, 1.82) is 0 Å². The third kappa shape index (κ3) is 3.83. The first-order valence-corrected chi connectivity index (χ1v) is 7.98. The molecule has 1 spiro atoms. The van der Waals surface area contributed by atoms with Crippen LogP contribution in [0.5, 0.6) is 0 Å². The van der Waals surface area contributed by atoms with Gasteiger partial charge in [-0.2, -0.15) is 0 Å². The topological polar surface area (TPSA) is 50.7 Å². The quantitative estimate of drug-likeness (QED) is 0.869. The second kappa shape index (κ2) is 6.88. The van der Waals surface area contributed by atoms with E-state index in [1.165, 1.54) is 5.56 Å². The Morgan fingerprint density at radius 1 is 1.14 bits per heavy atom. The maximum absolute atomic E-state index is 9.61. The highest BCUT2D eigenvalue weighted by Gasteiger charge is 2.40. The Bertz CT molecular complexity index is 421. The van der Waals surface area contributed by atoms with Crippen molar-refractivity contribution in [3.8, 4) is 0 Å². The molecule has 0 aromatic heterocycles. The standard InChI is InChI=1S/C17H25NO3/c19-13-16(12-14-4-2-1-3-5-14)18-15-6-8-17(9-7-15)20-10-11-21-17/h1-5,15-16,18-19H,6-13H2/t16-/m1/s1. The van der Waals surface area contributed by atoms with Crippen LogP contribution in [0.15, 0.2) is 30.3 Å². The van der Waals surface area contributed by atoms with E-state index >= 15 is 0 Å². The van der Waals surface area contributed by atoms with Gasteiger partial charge in [-0.05, 0) is 24.8 Å². The SMILES string of the molecule is OC[C@@H](Cc1ccccc1)NC1CCC2(CC1)OCCO2. The minimum atomic E-state index is -0.299. The maximum atomic E-state index is 9.61. The lowest BCUT2D eigenvalue weighted by molar-refractivity contribution is -0.179. The highest BCUT2D eigenvalue weighted by Crippen LogP contribution is 2.35. The van der Waals surface area contributed by atoms with Crippen LogP contribution >= 0.6 is 0 Å². The number of nitrogens with one attached hydrogen (secondary N) is 1. The summed E-state index contributed by atoms with van der Waals surface area (Å²) in [7, 11) is 0. The maximum Gasteiger partial charge on any atom is 0.168 e. The van der Waals surface area contributed by atoms with Crippen LogP contribution < -0.4 is 5.32 Å². The zero-order valence-corrected chi connectivity index (χ0v) is 12.5. The van der Waals surface area contributed by atoms with Crippen LogP contribution in [0.4, 0.5) is 0 Å². The van der Waals surface area contributed by atoms with Crippen molar-refractivity contribution in [2.75, 3.05) is 19.8 Å². The summed E-state index contributed by atoms with van der Waals surface area (Å²) in [5, 5.41) is 13.2. The molecule has 1 saturated carbocycles. The first-order valence-electron chi connectivity index (χ1n) is 7.98. The van der Waals surface area contributed by atoms with Gasteiger partial charge in [-0.25, -0.2) is 0 Å². The second-order valence-electron chi connectivity index (χ2n) is 6.12. The van der Waals surface area contributed by atoms with Crippen LogP contribution in [0.1, 0.15) is 31.2 Å². The van der Waals surface area contributed by atoms with Gasteiger partial charge >= 0.3 is 0 Å². The molecule has 0 radical (unpaired) electrons. The first-order chi connectivity index (χ1) is 10.3. The molecular formula is C17H25NO3. The summed E-state index contributed by atoms with van der Waals surface area (Å²) in [6.07, 6.45) is 4.87. The number of ether oxygens (including phenoxy) is 2. The first kappa shape index (κ1) is 15.0. The van der Waals surface area contributed by atoms with Crippen LogP contribution in [-0.2, 0) is 15.9 Å². The second-order valence-corrected chi connectivity index (χ2v) is 6.12. The summed E-state index contributed by atoms with van der Waals surface area (Å²) in [5.74, 6) is -0.299. The lowest BCUT2D eigenvalue weighted by Gasteiger charge is -2.37. The molecule has 1 heterocycles. The van der Waals surface area contributed by atoms with Crippen molar-refractivity contribution in [3.05, 3.63) is 35.9 Å². The van der Waals surface area contributed by atoms with E-state index in [1.807, 2.05) is 18.2 Å². The van der Waals surface area contributed by atoms with Gasteiger partial charge in [-0.1, -0.05) is 30.3 Å². The molecule has 1 aromatic carbocycles. The van der Waals surface area contributed by atoms with Gasteiger partial charge in [-0.3, -0.25) is 0 Å². The summed E-state index contributed by atoms with van der Waals surface area (Å²) < 4.78 is 11.5. The molecule has 1 atom stereocenters. The Kier molecular flexibility index (Phi) is 4.91. The zero-order valence-electron chi connectivity index (χ0n) is 12.5. The summed E-state index contributed by atoms with van der Waals surface area (Å²) in [6.45, 7) is 1.63. The number of benzene rings is 1. The van der Waals surface area contributed by atoms with Gasteiger partial charge in [-0.15, -0.1) is 0 Å². The van der Waals surface area contributed by atoms with E-state index in [4.69, 9.17) is 9.47 Å². The van der Waals surface area contributed by atoms with Gasteiger partial charge in [0.25, 0.3) is 0 Å². The summed E-state index contributed by atoms with van der Waals surface area (Å²) in [4.78, 5) is 0. The molecule has 116 valence electrons. The number of rotatable bonds is 5. The Morgan fingerprint density at radius 3 is 2.43 bits per heavy atom.